The van der Waals surface area contributed by atoms with Crippen LogP contribution in [0, 0.1) is 5.41 Å². The van der Waals surface area contributed by atoms with E-state index in [1.807, 2.05) is 23.2 Å². The van der Waals surface area contributed by atoms with Crippen molar-refractivity contribution in [2.24, 2.45) is 5.41 Å². The number of carbonyl (C=O) groups excluding carboxylic acids is 1. The molecule has 1 aromatic heterocycles. The van der Waals surface area contributed by atoms with Crippen molar-refractivity contribution in [1.82, 2.24) is 14.8 Å². The number of methoxy groups -OCH3 is 1. The zero-order chi connectivity index (χ0) is 15.4. The number of hydrogen-bond donors (Lipinski definition) is 0. The van der Waals surface area contributed by atoms with E-state index in [1.165, 1.54) is 0 Å². The van der Waals surface area contributed by atoms with Crippen LogP contribution in [0.5, 0.6) is 0 Å². The highest BCUT2D eigenvalue weighted by atomic mass is 16.5. The Morgan fingerprint density at radius 3 is 3.00 bits per heavy atom. The molecule has 22 heavy (non-hydrogen) atoms. The summed E-state index contributed by atoms with van der Waals surface area (Å²) in [5.41, 5.74) is 0.919. The third-order valence-electron chi connectivity index (χ3n) is 4.93. The number of aromatic nitrogens is 1. The van der Waals surface area contributed by atoms with Crippen LogP contribution in [0.15, 0.2) is 24.4 Å². The summed E-state index contributed by atoms with van der Waals surface area (Å²) in [6.45, 7) is 4.99. The van der Waals surface area contributed by atoms with Gasteiger partial charge >= 0.3 is 0 Å². The Morgan fingerprint density at radius 1 is 1.32 bits per heavy atom. The van der Waals surface area contributed by atoms with Gasteiger partial charge in [-0.15, -0.1) is 0 Å². The van der Waals surface area contributed by atoms with Crippen molar-refractivity contribution in [2.45, 2.75) is 25.8 Å². The first-order valence-corrected chi connectivity index (χ1v) is 8.14. The molecule has 0 bridgehead atoms. The maximum atomic E-state index is 12.8. The monoisotopic (exact) mass is 303 g/mol. The molecule has 1 atom stereocenters. The van der Waals surface area contributed by atoms with E-state index in [0.29, 0.717) is 12.5 Å². The molecule has 1 amide bonds. The average Bonchev–Trinajstić information content (AvgIpc) is 2.83. The van der Waals surface area contributed by atoms with E-state index >= 15 is 0 Å². The lowest BCUT2D eigenvalue weighted by Gasteiger charge is -2.38. The molecule has 2 saturated heterocycles. The van der Waals surface area contributed by atoms with E-state index in [0.717, 1.165) is 57.7 Å². The van der Waals surface area contributed by atoms with Crippen LogP contribution in [0.1, 0.15) is 25.0 Å². The Morgan fingerprint density at radius 2 is 2.23 bits per heavy atom. The number of likely N-dealkylation sites (tertiary alicyclic amines) is 2. The van der Waals surface area contributed by atoms with Crippen molar-refractivity contribution < 1.29 is 9.53 Å². The second-order valence-corrected chi connectivity index (χ2v) is 6.45. The number of hydrogen-bond acceptors (Lipinski definition) is 4. The van der Waals surface area contributed by atoms with Gasteiger partial charge in [-0.3, -0.25) is 14.7 Å². The second-order valence-electron chi connectivity index (χ2n) is 6.45. The maximum Gasteiger partial charge on any atom is 0.230 e. The molecule has 2 aliphatic heterocycles. The predicted octanol–water partition coefficient (Wildman–Crippen LogP) is 1.54. The summed E-state index contributed by atoms with van der Waals surface area (Å²) >= 11 is 0. The van der Waals surface area contributed by atoms with E-state index < -0.39 is 0 Å². The minimum atomic E-state index is -0.166. The fourth-order valence-electron chi connectivity index (χ4n) is 3.77. The van der Waals surface area contributed by atoms with Crippen molar-refractivity contribution in [3.05, 3.63) is 30.1 Å². The number of ether oxygens (including phenoxy) is 1. The van der Waals surface area contributed by atoms with Gasteiger partial charge in [-0.2, -0.15) is 0 Å². The molecule has 0 radical (unpaired) electrons. The zero-order valence-electron chi connectivity index (χ0n) is 13.3. The molecule has 120 valence electrons. The highest BCUT2D eigenvalue weighted by Crippen LogP contribution is 2.40. The lowest BCUT2D eigenvalue weighted by atomic mass is 9.78. The maximum absolute atomic E-state index is 12.8. The third-order valence-corrected chi connectivity index (χ3v) is 4.93. The molecular formula is C17H25N3O2. The van der Waals surface area contributed by atoms with Crippen molar-refractivity contribution in [2.75, 3.05) is 39.9 Å². The summed E-state index contributed by atoms with van der Waals surface area (Å²) in [7, 11) is 1.69. The normalized spacial score (nSPS) is 26.0. The summed E-state index contributed by atoms with van der Waals surface area (Å²) in [6.07, 6.45) is 4.93. The Kier molecular flexibility index (Phi) is 4.74. The molecule has 0 N–H and O–H groups in total. The molecule has 2 fully saturated rings. The molecule has 2 aliphatic rings. The Labute approximate surface area is 132 Å². The molecule has 0 aromatic carbocycles. The zero-order valence-corrected chi connectivity index (χ0v) is 13.3. The van der Waals surface area contributed by atoms with Crippen LogP contribution in [0.2, 0.25) is 0 Å². The van der Waals surface area contributed by atoms with Gasteiger partial charge in [-0.05, 0) is 37.9 Å². The molecule has 1 spiro atoms. The Balaban J connectivity index is 1.64. The number of piperidine rings is 1. The number of amides is 1. The first-order chi connectivity index (χ1) is 10.7. The molecule has 3 heterocycles. The Bertz CT molecular complexity index is 508. The minimum absolute atomic E-state index is 0.166. The van der Waals surface area contributed by atoms with E-state index in [9.17, 15) is 4.79 Å². The lowest BCUT2D eigenvalue weighted by molar-refractivity contribution is -0.139. The lowest BCUT2D eigenvalue weighted by Crippen LogP contribution is -2.47. The molecule has 3 rings (SSSR count). The largest absolute Gasteiger partial charge is 0.383 e. The highest BCUT2D eigenvalue weighted by molar-refractivity contribution is 5.85. The van der Waals surface area contributed by atoms with Crippen LogP contribution in [-0.2, 0) is 16.1 Å². The number of pyridine rings is 1. The van der Waals surface area contributed by atoms with Crippen LogP contribution in [0.4, 0.5) is 0 Å². The van der Waals surface area contributed by atoms with Crippen LogP contribution >= 0.6 is 0 Å². The molecular weight excluding hydrogens is 278 g/mol. The first kappa shape index (κ1) is 15.4. The highest BCUT2D eigenvalue weighted by Gasteiger charge is 2.48. The van der Waals surface area contributed by atoms with Gasteiger partial charge in [0.15, 0.2) is 0 Å². The fourth-order valence-corrected chi connectivity index (χ4v) is 3.77. The number of nitrogens with zero attached hydrogens (tertiary/aromatic N) is 3. The van der Waals surface area contributed by atoms with E-state index in [2.05, 4.69) is 16.0 Å². The van der Waals surface area contributed by atoms with Crippen molar-refractivity contribution in [1.29, 1.82) is 0 Å². The van der Waals surface area contributed by atoms with Gasteiger partial charge in [0.2, 0.25) is 5.91 Å². The number of rotatable bonds is 5. The number of carbonyl (C=O) groups is 1. The molecule has 0 saturated carbocycles. The first-order valence-electron chi connectivity index (χ1n) is 8.14. The molecule has 0 aliphatic carbocycles. The van der Waals surface area contributed by atoms with Crippen molar-refractivity contribution in [3.63, 3.8) is 0 Å². The smallest absolute Gasteiger partial charge is 0.230 e. The van der Waals surface area contributed by atoms with Gasteiger partial charge in [-0.1, -0.05) is 6.07 Å². The molecule has 5 nitrogen and oxygen atoms in total. The summed E-state index contributed by atoms with van der Waals surface area (Å²) in [4.78, 5) is 21.6. The van der Waals surface area contributed by atoms with Crippen LogP contribution in [-0.4, -0.2) is 60.6 Å². The topological polar surface area (TPSA) is 45.7 Å². The van der Waals surface area contributed by atoms with Crippen molar-refractivity contribution >= 4 is 5.91 Å². The summed E-state index contributed by atoms with van der Waals surface area (Å²) < 4.78 is 5.12. The van der Waals surface area contributed by atoms with E-state index in [4.69, 9.17) is 4.74 Å². The average molecular weight is 303 g/mol. The minimum Gasteiger partial charge on any atom is -0.383 e. The standard InChI is InChI=1S/C17H25N3O2/c1-22-12-11-20-10-7-17(16(20)21)6-4-9-19(14-17)13-15-5-2-3-8-18-15/h2-3,5,8H,4,6-7,9-14H2,1H3. The van der Waals surface area contributed by atoms with Crippen LogP contribution < -0.4 is 0 Å². The van der Waals surface area contributed by atoms with Gasteiger partial charge in [-0.25, -0.2) is 0 Å². The predicted molar refractivity (Wildman–Crippen MR) is 84.3 cm³/mol. The molecule has 1 unspecified atom stereocenters. The SMILES string of the molecule is COCCN1CCC2(CCCN(Cc3ccccn3)C2)C1=O. The van der Waals surface area contributed by atoms with Gasteiger partial charge in [0, 0.05) is 39.5 Å². The van der Waals surface area contributed by atoms with Gasteiger partial charge in [0.05, 0.1) is 17.7 Å². The third kappa shape index (κ3) is 3.15. The Hall–Kier alpha value is -1.46. The van der Waals surface area contributed by atoms with Crippen LogP contribution in [0.3, 0.4) is 0 Å². The molecule has 1 aromatic rings. The second kappa shape index (κ2) is 6.75. The quantitative estimate of drug-likeness (QED) is 0.828. The van der Waals surface area contributed by atoms with Gasteiger partial charge in [0.1, 0.15) is 0 Å². The van der Waals surface area contributed by atoms with Gasteiger partial charge in [0.25, 0.3) is 0 Å². The van der Waals surface area contributed by atoms with Gasteiger partial charge < -0.3 is 9.64 Å². The summed E-state index contributed by atoms with van der Waals surface area (Å²) in [5, 5.41) is 0. The van der Waals surface area contributed by atoms with E-state index in [1.54, 1.807) is 7.11 Å². The van der Waals surface area contributed by atoms with Crippen LogP contribution in [0.25, 0.3) is 0 Å². The van der Waals surface area contributed by atoms with E-state index in [-0.39, 0.29) is 5.41 Å². The summed E-state index contributed by atoms with van der Waals surface area (Å²) in [5.74, 6) is 0.329. The fraction of sp³-hybridized carbons (Fsp3) is 0.647. The molecule has 5 heteroatoms. The summed E-state index contributed by atoms with van der Waals surface area (Å²) in [6, 6.07) is 6.02. The van der Waals surface area contributed by atoms with Crippen molar-refractivity contribution in [3.8, 4) is 0 Å².